The maximum Gasteiger partial charge on any atom is 0.229 e. The van der Waals surface area contributed by atoms with Crippen molar-refractivity contribution < 1.29 is 9.53 Å². The van der Waals surface area contributed by atoms with E-state index in [-0.39, 0.29) is 17.9 Å². The second kappa shape index (κ2) is 6.02. The van der Waals surface area contributed by atoms with Crippen LogP contribution >= 0.6 is 0 Å². The molecule has 104 valence electrons. The van der Waals surface area contributed by atoms with E-state index >= 15 is 0 Å². The molecule has 0 aromatic rings. The molecular formula is C14H26N2O2. The van der Waals surface area contributed by atoms with Gasteiger partial charge >= 0.3 is 0 Å². The molecule has 0 bridgehead atoms. The summed E-state index contributed by atoms with van der Waals surface area (Å²) < 4.78 is 5.44. The topological polar surface area (TPSA) is 41.6 Å². The Morgan fingerprint density at radius 1 is 1.28 bits per heavy atom. The van der Waals surface area contributed by atoms with Crippen LogP contribution in [0.5, 0.6) is 0 Å². The summed E-state index contributed by atoms with van der Waals surface area (Å²) >= 11 is 0. The van der Waals surface area contributed by atoms with Crippen LogP contribution in [0.1, 0.15) is 32.6 Å². The molecule has 2 rings (SSSR count). The number of rotatable bonds is 3. The summed E-state index contributed by atoms with van der Waals surface area (Å²) in [6.07, 6.45) is 4.97. The Labute approximate surface area is 110 Å². The number of carbonyl (C=O) groups is 1. The molecule has 4 unspecified atom stereocenters. The van der Waals surface area contributed by atoms with Crippen molar-refractivity contribution in [2.45, 2.75) is 44.7 Å². The molecule has 0 aromatic carbocycles. The summed E-state index contributed by atoms with van der Waals surface area (Å²) in [7, 11) is 3.88. The molecule has 2 fully saturated rings. The summed E-state index contributed by atoms with van der Waals surface area (Å²) in [5.74, 6) is 0.878. The molecule has 2 aliphatic rings. The van der Waals surface area contributed by atoms with Gasteiger partial charge in [-0.25, -0.2) is 0 Å². The van der Waals surface area contributed by atoms with E-state index in [9.17, 15) is 4.79 Å². The summed E-state index contributed by atoms with van der Waals surface area (Å²) in [6.45, 7) is 3.49. The van der Waals surface area contributed by atoms with E-state index < -0.39 is 0 Å². The fraction of sp³-hybridized carbons (Fsp3) is 0.929. The first-order chi connectivity index (χ1) is 8.65. The fourth-order valence-electron chi connectivity index (χ4n) is 3.38. The van der Waals surface area contributed by atoms with Gasteiger partial charge in [-0.3, -0.25) is 4.79 Å². The normalized spacial score (nSPS) is 36.6. The first kappa shape index (κ1) is 13.8. The van der Waals surface area contributed by atoms with Crippen LogP contribution in [-0.2, 0) is 9.53 Å². The first-order valence-electron chi connectivity index (χ1n) is 7.16. The van der Waals surface area contributed by atoms with Gasteiger partial charge in [0.05, 0.1) is 19.1 Å². The van der Waals surface area contributed by atoms with Crippen molar-refractivity contribution in [3.8, 4) is 0 Å². The van der Waals surface area contributed by atoms with E-state index in [0.717, 1.165) is 6.42 Å². The Morgan fingerprint density at radius 3 is 2.67 bits per heavy atom. The lowest BCUT2D eigenvalue weighted by Gasteiger charge is -2.38. The van der Waals surface area contributed by atoms with E-state index in [1.54, 1.807) is 0 Å². The highest BCUT2D eigenvalue weighted by atomic mass is 16.5. The highest BCUT2D eigenvalue weighted by Gasteiger charge is 2.37. The standard InChI is InChI=1S/C14H26N2O2/c1-10-6-4-5-7-13(10)16(3)14(17)11-8-18-9-12(11)15-2/h10-13,15H,4-9H2,1-3H3. The van der Waals surface area contributed by atoms with Crippen LogP contribution in [0.15, 0.2) is 0 Å². The number of nitrogens with one attached hydrogen (secondary N) is 1. The summed E-state index contributed by atoms with van der Waals surface area (Å²) in [6, 6.07) is 0.600. The van der Waals surface area contributed by atoms with Crippen molar-refractivity contribution in [1.29, 1.82) is 0 Å². The minimum absolute atomic E-state index is 0.00544. The summed E-state index contributed by atoms with van der Waals surface area (Å²) in [4.78, 5) is 14.6. The molecule has 4 atom stereocenters. The predicted octanol–water partition coefficient (Wildman–Crippen LogP) is 1.26. The second-order valence-electron chi connectivity index (χ2n) is 5.82. The number of hydrogen-bond donors (Lipinski definition) is 1. The van der Waals surface area contributed by atoms with E-state index in [2.05, 4.69) is 12.2 Å². The molecule has 4 nitrogen and oxygen atoms in total. The van der Waals surface area contributed by atoms with Gasteiger partial charge in [0.2, 0.25) is 5.91 Å². The molecule has 1 amide bonds. The van der Waals surface area contributed by atoms with E-state index in [4.69, 9.17) is 4.74 Å². The van der Waals surface area contributed by atoms with Gasteiger partial charge in [-0.1, -0.05) is 19.8 Å². The molecule has 1 aliphatic carbocycles. The maximum absolute atomic E-state index is 12.6. The van der Waals surface area contributed by atoms with Crippen LogP contribution in [0.3, 0.4) is 0 Å². The van der Waals surface area contributed by atoms with Crippen LogP contribution in [0.25, 0.3) is 0 Å². The lowest BCUT2D eigenvalue weighted by atomic mass is 9.84. The predicted molar refractivity (Wildman–Crippen MR) is 71.3 cm³/mol. The minimum atomic E-state index is -0.00544. The monoisotopic (exact) mass is 254 g/mol. The minimum Gasteiger partial charge on any atom is -0.379 e. The van der Waals surface area contributed by atoms with Crippen molar-refractivity contribution >= 4 is 5.91 Å². The van der Waals surface area contributed by atoms with Crippen LogP contribution in [0, 0.1) is 11.8 Å². The first-order valence-corrected chi connectivity index (χ1v) is 7.16. The van der Waals surface area contributed by atoms with Gasteiger partial charge in [0, 0.05) is 19.1 Å². The van der Waals surface area contributed by atoms with Crippen molar-refractivity contribution in [2.75, 3.05) is 27.3 Å². The van der Waals surface area contributed by atoms with Crippen LogP contribution in [0.4, 0.5) is 0 Å². The van der Waals surface area contributed by atoms with Crippen molar-refractivity contribution in [3.05, 3.63) is 0 Å². The SMILES string of the molecule is CNC1COCC1C(=O)N(C)C1CCCCC1C. The highest BCUT2D eigenvalue weighted by Crippen LogP contribution is 2.29. The molecule has 1 saturated carbocycles. The summed E-state index contributed by atoms with van der Waals surface area (Å²) in [5.41, 5.74) is 0. The molecule has 0 radical (unpaired) electrons. The third kappa shape index (κ3) is 2.69. The Morgan fingerprint density at radius 2 is 2.00 bits per heavy atom. The second-order valence-corrected chi connectivity index (χ2v) is 5.82. The smallest absolute Gasteiger partial charge is 0.229 e. The maximum atomic E-state index is 12.6. The van der Waals surface area contributed by atoms with E-state index in [1.165, 1.54) is 19.3 Å². The van der Waals surface area contributed by atoms with Crippen molar-refractivity contribution in [1.82, 2.24) is 10.2 Å². The zero-order valence-corrected chi connectivity index (χ0v) is 11.8. The fourth-order valence-corrected chi connectivity index (χ4v) is 3.38. The van der Waals surface area contributed by atoms with Gasteiger partial charge in [0.15, 0.2) is 0 Å². The Bertz CT molecular complexity index is 296. The Balaban J connectivity index is 1.99. The zero-order valence-electron chi connectivity index (χ0n) is 11.8. The average molecular weight is 254 g/mol. The van der Waals surface area contributed by atoms with Gasteiger partial charge in [0.1, 0.15) is 0 Å². The number of carbonyl (C=O) groups excluding carboxylic acids is 1. The quantitative estimate of drug-likeness (QED) is 0.824. The molecule has 1 saturated heterocycles. The van der Waals surface area contributed by atoms with Crippen LogP contribution in [0.2, 0.25) is 0 Å². The number of nitrogens with zero attached hydrogens (tertiary/aromatic N) is 1. The molecule has 1 aliphatic heterocycles. The van der Waals surface area contributed by atoms with Gasteiger partial charge in [-0.2, -0.15) is 0 Å². The largest absolute Gasteiger partial charge is 0.379 e. The lowest BCUT2D eigenvalue weighted by molar-refractivity contribution is -0.138. The zero-order chi connectivity index (χ0) is 13.1. The van der Waals surface area contributed by atoms with Crippen LogP contribution in [-0.4, -0.2) is 50.2 Å². The highest BCUT2D eigenvalue weighted by molar-refractivity contribution is 5.80. The number of hydrogen-bond acceptors (Lipinski definition) is 3. The lowest BCUT2D eigenvalue weighted by Crippen LogP contribution is -2.49. The summed E-state index contributed by atoms with van der Waals surface area (Å²) in [5, 5.41) is 3.19. The van der Waals surface area contributed by atoms with Gasteiger partial charge in [-0.15, -0.1) is 0 Å². The molecule has 0 aromatic heterocycles. The number of amides is 1. The molecule has 18 heavy (non-hydrogen) atoms. The van der Waals surface area contributed by atoms with E-state index in [1.807, 2.05) is 19.0 Å². The van der Waals surface area contributed by atoms with Crippen molar-refractivity contribution in [3.63, 3.8) is 0 Å². The van der Waals surface area contributed by atoms with Gasteiger partial charge < -0.3 is 15.0 Å². The Hall–Kier alpha value is -0.610. The van der Waals surface area contributed by atoms with E-state index in [0.29, 0.717) is 25.2 Å². The van der Waals surface area contributed by atoms with Gasteiger partial charge in [-0.05, 0) is 25.8 Å². The Kier molecular flexibility index (Phi) is 4.62. The molecular weight excluding hydrogens is 228 g/mol. The number of likely N-dealkylation sites (N-methyl/N-ethyl adjacent to an activating group) is 1. The van der Waals surface area contributed by atoms with Crippen LogP contribution < -0.4 is 5.32 Å². The third-order valence-corrected chi connectivity index (χ3v) is 4.68. The molecule has 4 heteroatoms. The molecule has 1 N–H and O–H groups in total. The van der Waals surface area contributed by atoms with Crippen molar-refractivity contribution in [2.24, 2.45) is 11.8 Å². The third-order valence-electron chi connectivity index (χ3n) is 4.68. The number of ether oxygens (including phenoxy) is 1. The average Bonchev–Trinajstić information content (AvgIpc) is 2.86. The van der Waals surface area contributed by atoms with Gasteiger partial charge in [0.25, 0.3) is 0 Å². The molecule has 1 heterocycles. The molecule has 0 spiro atoms.